The molecule has 0 aliphatic carbocycles. The molecule has 1 aromatic heterocycles. The van der Waals surface area contributed by atoms with Crippen molar-refractivity contribution < 1.29 is 23.9 Å². The van der Waals surface area contributed by atoms with Gasteiger partial charge in [0.05, 0.1) is 18.1 Å². The molecule has 0 saturated carbocycles. The van der Waals surface area contributed by atoms with Crippen molar-refractivity contribution >= 4 is 29.5 Å². The summed E-state index contributed by atoms with van der Waals surface area (Å²) in [5.74, 6) is -1.01. The van der Waals surface area contributed by atoms with Crippen molar-refractivity contribution in [2.75, 3.05) is 5.75 Å². The number of carbonyl (C=O) groups excluding carboxylic acids is 2. The molecule has 0 aliphatic heterocycles. The number of carboxylic acid groups (broad SMARTS) is 1. The van der Waals surface area contributed by atoms with Crippen LogP contribution in [0.1, 0.15) is 19.6 Å². The van der Waals surface area contributed by atoms with Gasteiger partial charge in [0.1, 0.15) is 11.8 Å². The van der Waals surface area contributed by atoms with Gasteiger partial charge in [0.2, 0.25) is 11.8 Å². The highest BCUT2D eigenvalue weighted by atomic mass is 32.2. The van der Waals surface area contributed by atoms with Gasteiger partial charge in [-0.3, -0.25) is 9.59 Å². The number of hydrogen-bond acceptors (Lipinski definition) is 5. The van der Waals surface area contributed by atoms with E-state index in [0.717, 1.165) is 11.8 Å². The Morgan fingerprint density at radius 1 is 1.43 bits per heavy atom. The number of furan rings is 1. The van der Waals surface area contributed by atoms with Crippen molar-refractivity contribution in [1.29, 1.82) is 0 Å². The average molecular weight is 314 g/mol. The highest BCUT2D eigenvalue weighted by molar-refractivity contribution is 8.00. The van der Waals surface area contributed by atoms with Gasteiger partial charge in [-0.1, -0.05) is 0 Å². The number of hydrogen-bond donors (Lipinski definition) is 3. The second kappa shape index (κ2) is 8.35. The molecule has 0 fully saturated rings. The summed E-state index contributed by atoms with van der Waals surface area (Å²) < 4.78 is 5.09. The third-order valence-electron chi connectivity index (χ3n) is 2.57. The van der Waals surface area contributed by atoms with Crippen LogP contribution in [-0.4, -0.2) is 39.9 Å². The normalized spacial score (nSPS) is 13.2. The summed E-state index contributed by atoms with van der Waals surface area (Å²) in [5, 5.41) is 13.5. The van der Waals surface area contributed by atoms with Crippen molar-refractivity contribution in [1.82, 2.24) is 10.6 Å². The molecule has 0 saturated heterocycles. The molecule has 0 aliphatic rings. The van der Waals surface area contributed by atoms with Gasteiger partial charge in [-0.25, -0.2) is 4.79 Å². The van der Waals surface area contributed by atoms with Crippen LogP contribution in [-0.2, 0) is 20.9 Å². The molecular weight excluding hydrogens is 296 g/mol. The first kappa shape index (κ1) is 17.1. The Bertz CT molecular complexity index is 489. The maximum Gasteiger partial charge on any atom is 0.327 e. The molecule has 0 bridgehead atoms. The summed E-state index contributed by atoms with van der Waals surface area (Å²) in [7, 11) is 0. The molecule has 7 nitrogen and oxygen atoms in total. The van der Waals surface area contributed by atoms with Crippen LogP contribution in [0.5, 0.6) is 0 Å². The minimum absolute atomic E-state index is 0.115. The number of thioether (sulfide) groups is 1. The zero-order valence-corrected chi connectivity index (χ0v) is 12.6. The fourth-order valence-electron chi connectivity index (χ4n) is 1.47. The molecule has 1 heterocycles. The van der Waals surface area contributed by atoms with Crippen LogP contribution in [0.4, 0.5) is 0 Å². The molecule has 1 unspecified atom stereocenters. The number of amides is 2. The summed E-state index contributed by atoms with van der Waals surface area (Å²) in [6.07, 6.45) is 1.52. The minimum Gasteiger partial charge on any atom is -0.480 e. The van der Waals surface area contributed by atoms with Crippen LogP contribution in [0.3, 0.4) is 0 Å². The molecule has 0 spiro atoms. The van der Waals surface area contributed by atoms with E-state index in [4.69, 9.17) is 9.52 Å². The van der Waals surface area contributed by atoms with Crippen LogP contribution >= 0.6 is 11.8 Å². The van der Waals surface area contributed by atoms with E-state index in [1.165, 1.54) is 13.2 Å². The van der Waals surface area contributed by atoms with Gasteiger partial charge in [0.15, 0.2) is 0 Å². The Labute approximate surface area is 126 Å². The van der Waals surface area contributed by atoms with Gasteiger partial charge in [-0.15, -0.1) is 11.8 Å². The van der Waals surface area contributed by atoms with E-state index in [1.54, 1.807) is 19.1 Å². The molecule has 0 radical (unpaired) electrons. The van der Waals surface area contributed by atoms with Crippen molar-refractivity contribution in [3.63, 3.8) is 0 Å². The molecular formula is C13H18N2O5S. The lowest BCUT2D eigenvalue weighted by Gasteiger charge is -2.16. The van der Waals surface area contributed by atoms with Crippen molar-refractivity contribution in [3.8, 4) is 0 Å². The van der Waals surface area contributed by atoms with E-state index in [0.29, 0.717) is 5.76 Å². The number of nitrogens with one attached hydrogen (secondary N) is 2. The SMILES string of the molecule is CC(=O)N[C@@H](CSC(C)C(=O)NCc1ccco1)C(=O)O. The summed E-state index contributed by atoms with van der Waals surface area (Å²) in [5.41, 5.74) is 0. The third-order valence-corrected chi connectivity index (χ3v) is 3.81. The molecule has 2 atom stereocenters. The molecule has 1 rings (SSSR count). The topological polar surface area (TPSA) is 109 Å². The fraction of sp³-hybridized carbons (Fsp3) is 0.462. The van der Waals surface area contributed by atoms with Crippen LogP contribution in [0, 0.1) is 0 Å². The van der Waals surface area contributed by atoms with Crippen LogP contribution in [0.25, 0.3) is 0 Å². The summed E-state index contributed by atoms with van der Waals surface area (Å²) in [6.45, 7) is 3.21. The highest BCUT2D eigenvalue weighted by Crippen LogP contribution is 2.12. The molecule has 1 aromatic rings. The largest absolute Gasteiger partial charge is 0.480 e. The van der Waals surface area contributed by atoms with Gasteiger partial charge in [0.25, 0.3) is 0 Å². The van der Waals surface area contributed by atoms with Crippen molar-refractivity contribution in [3.05, 3.63) is 24.2 Å². The van der Waals surface area contributed by atoms with Crippen molar-refractivity contribution in [2.45, 2.75) is 31.7 Å². The number of rotatable bonds is 8. The molecule has 0 aromatic carbocycles. The predicted molar refractivity (Wildman–Crippen MR) is 77.7 cm³/mol. The quantitative estimate of drug-likeness (QED) is 0.648. The third kappa shape index (κ3) is 6.35. The summed E-state index contributed by atoms with van der Waals surface area (Å²) in [6, 6.07) is 2.47. The average Bonchev–Trinajstić information content (AvgIpc) is 2.92. The molecule has 21 heavy (non-hydrogen) atoms. The van der Waals surface area contributed by atoms with E-state index in [9.17, 15) is 14.4 Å². The van der Waals surface area contributed by atoms with Gasteiger partial charge in [-0.2, -0.15) is 0 Å². The van der Waals surface area contributed by atoms with E-state index in [2.05, 4.69) is 10.6 Å². The number of carboxylic acids is 1. The predicted octanol–water partition coefficient (Wildman–Crippen LogP) is 0.607. The second-order valence-corrected chi connectivity index (χ2v) is 5.74. The zero-order chi connectivity index (χ0) is 15.8. The van der Waals surface area contributed by atoms with Crippen LogP contribution in [0.15, 0.2) is 22.8 Å². The van der Waals surface area contributed by atoms with Gasteiger partial charge in [0, 0.05) is 12.7 Å². The maximum atomic E-state index is 11.8. The van der Waals surface area contributed by atoms with Gasteiger partial charge in [-0.05, 0) is 19.1 Å². The Kier molecular flexibility index (Phi) is 6.80. The minimum atomic E-state index is -1.12. The fourth-order valence-corrected chi connectivity index (χ4v) is 2.41. The lowest BCUT2D eigenvalue weighted by atomic mass is 10.3. The zero-order valence-electron chi connectivity index (χ0n) is 11.8. The molecule has 2 amide bonds. The Morgan fingerprint density at radius 2 is 2.14 bits per heavy atom. The van der Waals surface area contributed by atoms with Crippen molar-refractivity contribution in [2.24, 2.45) is 0 Å². The summed E-state index contributed by atoms with van der Waals surface area (Å²) in [4.78, 5) is 33.7. The lowest BCUT2D eigenvalue weighted by molar-refractivity contribution is -0.140. The Morgan fingerprint density at radius 3 is 2.67 bits per heavy atom. The monoisotopic (exact) mass is 314 g/mol. The Hall–Kier alpha value is -1.96. The van der Waals surface area contributed by atoms with E-state index in [1.807, 2.05) is 0 Å². The molecule has 3 N–H and O–H groups in total. The lowest BCUT2D eigenvalue weighted by Crippen LogP contribution is -2.42. The first-order valence-electron chi connectivity index (χ1n) is 6.31. The smallest absolute Gasteiger partial charge is 0.327 e. The van der Waals surface area contributed by atoms with E-state index < -0.39 is 23.2 Å². The number of carbonyl (C=O) groups is 3. The second-order valence-electron chi connectivity index (χ2n) is 4.36. The van der Waals surface area contributed by atoms with Crippen LogP contribution in [0.2, 0.25) is 0 Å². The van der Waals surface area contributed by atoms with Gasteiger partial charge < -0.3 is 20.2 Å². The Balaban J connectivity index is 2.36. The van der Waals surface area contributed by atoms with E-state index >= 15 is 0 Å². The van der Waals surface area contributed by atoms with E-state index in [-0.39, 0.29) is 18.2 Å². The molecule has 8 heteroatoms. The van der Waals surface area contributed by atoms with Crippen LogP contribution < -0.4 is 10.6 Å². The first-order valence-corrected chi connectivity index (χ1v) is 7.36. The standard InChI is InChI=1S/C13H18N2O5S/c1-8(12(17)14-6-10-4-3-5-20-10)21-7-11(13(18)19)15-9(2)16/h3-5,8,11H,6-7H2,1-2H3,(H,14,17)(H,15,16)(H,18,19)/t8?,11-/m0/s1. The highest BCUT2D eigenvalue weighted by Gasteiger charge is 2.22. The van der Waals surface area contributed by atoms with Gasteiger partial charge >= 0.3 is 5.97 Å². The first-order chi connectivity index (χ1) is 9.90. The molecule has 116 valence electrons. The maximum absolute atomic E-state index is 11.8. The summed E-state index contributed by atoms with van der Waals surface area (Å²) >= 11 is 1.16. The number of aliphatic carboxylic acids is 1.